The molecule has 0 bridgehead atoms. The molecule has 0 fully saturated rings. The van der Waals surface area contributed by atoms with Gasteiger partial charge in [-0.1, -0.05) is 19.1 Å². The van der Waals surface area contributed by atoms with Crippen LogP contribution in [0, 0.1) is 0 Å². The van der Waals surface area contributed by atoms with Gasteiger partial charge in [0.1, 0.15) is 0 Å². The van der Waals surface area contributed by atoms with Crippen LogP contribution in [0.25, 0.3) is 0 Å². The second-order valence-corrected chi connectivity index (χ2v) is 6.20. The van der Waals surface area contributed by atoms with Crippen molar-refractivity contribution in [3.8, 4) is 0 Å². The smallest absolute Gasteiger partial charge is 0.252 e. The van der Waals surface area contributed by atoms with E-state index >= 15 is 0 Å². The summed E-state index contributed by atoms with van der Waals surface area (Å²) in [5.41, 5.74) is 0.111. The Morgan fingerprint density at radius 1 is 1.39 bits per heavy atom. The zero-order valence-electron chi connectivity index (χ0n) is 10.4. The Morgan fingerprint density at radius 3 is 2.56 bits per heavy atom. The molecule has 6 heteroatoms. The van der Waals surface area contributed by atoms with Crippen molar-refractivity contribution < 1.29 is 18.3 Å². The third kappa shape index (κ3) is 3.30. The highest BCUT2D eigenvalue weighted by atomic mass is 32.2. The van der Waals surface area contributed by atoms with Gasteiger partial charge in [-0.15, -0.1) is 0 Å². The maximum atomic E-state index is 11.9. The normalized spacial score (nSPS) is 13.1. The van der Waals surface area contributed by atoms with Crippen LogP contribution in [0.1, 0.15) is 24.2 Å². The Bertz CT molecular complexity index is 525. The maximum absolute atomic E-state index is 11.9. The van der Waals surface area contributed by atoms with Gasteiger partial charge in [-0.25, -0.2) is 8.42 Å². The Kier molecular flexibility index (Phi) is 4.86. The minimum atomic E-state index is -3.44. The number of hydrogen-bond acceptors (Lipinski definition) is 4. The van der Waals surface area contributed by atoms with Crippen LogP contribution in [0.15, 0.2) is 29.2 Å². The van der Waals surface area contributed by atoms with Crippen molar-refractivity contribution in [2.45, 2.75) is 24.8 Å². The summed E-state index contributed by atoms with van der Waals surface area (Å²) >= 11 is 0. The first-order valence-corrected chi connectivity index (χ1v) is 7.31. The standard InChI is InChI=1S/C12H17NO4S/c1-3-18(16,17)11-7-5-4-6-10(11)12(15)13-9(2)8-14/h4-7,9,14H,3,8H2,1-2H3,(H,13,15)/t9-/m1/s1. The molecule has 0 aliphatic heterocycles. The number of carbonyl (C=O) groups is 1. The summed E-state index contributed by atoms with van der Waals surface area (Å²) in [6, 6.07) is 5.64. The quantitative estimate of drug-likeness (QED) is 0.821. The highest BCUT2D eigenvalue weighted by molar-refractivity contribution is 7.91. The van der Waals surface area contributed by atoms with Crippen molar-refractivity contribution in [3.63, 3.8) is 0 Å². The number of sulfone groups is 1. The summed E-state index contributed by atoms with van der Waals surface area (Å²) in [7, 11) is -3.44. The van der Waals surface area contributed by atoms with Crippen molar-refractivity contribution in [2.24, 2.45) is 0 Å². The van der Waals surface area contributed by atoms with E-state index in [0.29, 0.717) is 0 Å². The molecule has 5 nitrogen and oxygen atoms in total. The zero-order chi connectivity index (χ0) is 13.8. The minimum absolute atomic E-state index is 0.0233. The van der Waals surface area contributed by atoms with E-state index < -0.39 is 21.8 Å². The lowest BCUT2D eigenvalue weighted by Crippen LogP contribution is -2.35. The first-order valence-electron chi connectivity index (χ1n) is 5.66. The Labute approximate surface area is 107 Å². The average Bonchev–Trinajstić information content (AvgIpc) is 2.38. The van der Waals surface area contributed by atoms with Crippen LogP contribution in [0.5, 0.6) is 0 Å². The molecule has 1 aromatic rings. The minimum Gasteiger partial charge on any atom is -0.394 e. The van der Waals surface area contributed by atoms with Crippen molar-refractivity contribution in [3.05, 3.63) is 29.8 Å². The number of amides is 1. The highest BCUT2D eigenvalue weighted by Gasteiger charge is 2.21. The Morgan fingerprint density at radius 2 is 2.00 bits per heavy atom. The van der Waals surface area contributed by atoms with Crippen LogP contribution in [0.4, 0.5) is 0 Å². The topological polar surface area (TPSA) is 83.5 Å². The molecule has 0 radical (unpaired) electrons. The molecule has 1 aromatic carbocycles. The van der Waals surface area contributed by atoms with Gasteiger partial charge in [0.25, 0.3) is 5.91 Å². The van der Waals surface area contributed by atoms with Crippen molar-refractivity contribution in [1.82, 2.24) is 5.32 Å². The maximum Gasteiger partial charge on any atom is 0.252 e. The van der Waals surface area contributed by atoms with E-state index in [1.54, 1.807) is 19.1 Å². The predicted octanol–water partition coefficient (Wildman–Crippen LogP) is 0.591. The second kappa shape index (κ2) is 5.97. The summed E-state index contributed by atoms with van der Waals surface area (Å²) in [5, 5.41) is 11.4. The molecule has 1 atom stereocenters. The molecule has 0 aliphatic carbocycles. The molecule has 18 heavy (non-hydrogen) atoms. The van der Waals surface area contributed by atoms with Crippen molar-refractivity contribution in [1.29, 1.82) is 0 Å². The van der Waals surface area contributed by atoms with E-state index in [-0.39, 0.29) is 22.8 Å². The van der Waals surface area contributed by atoms with Crippen LogP contribution < -0.4 is 5.32 Å². The van der Waals surface area contributed by atoms with Gasteiger partial charge in [0.15, 0.2) is 9.84 Å². The summed E-state index contributed by atoms with van der Waals surface area (Å²) in [5.74, 6) is -0.559. The molecule has 0 unspecified atom stereocenters. The first-order chi connectivity index (χ1) is 8.42. The summed E-state index contributed by atoms with van der Waals surface area (Å²) < 4.78 is 23.7. The monoisotopic (exact) mass is 271 g/mol. The zero-order valence-corrected chi connectivity index (χ0v) is 11.2. The third-order valence-electron chi connectivity index (χ3n) is 2.50. The fourth-order valence-electron chi connectivity index (χ4n) is 1.43. The lowest BCUT2D eigenvalue weighted by Gasteiger charge is -2.13. The predicted molar refractivity (Wildman–Crippen MR) is 68.2 cm³/mol. The van der Waals surface area contributed by atoms with Gasteiger partial charge in [0.05, 0.1) is 22.8 Å². The van der Waals surface area contributed by atoms with E-state index in [0.717, 1.165) is 0 Å². The van der Waals surface area contributed by atoms with Gasteiger partial charge in [-0.3, -0.25) is 4.79 Å². The molecular formula is C12H17NO4S. The first kappa shape index (κ1) is 14.7. The van der Waals surface area contributed by atoms with Crippen LogP contribution in [-0.2, 0) is 9.84 Å². The van der Waals surface area contributed by atoms with Gasteiger partial charge < -0.3 is 10.4 Å². The summed E-state index contributed by atoms with van der Waals surface area (Å²) in [6.45, 7) is 2.96. The summed E-state index contributed by atoms with van der Waals surface area (Å²) in [6.07, 6.45) is 0. The SMILES string of the molecule is CCS(=O)(=O)c1ccccc1C(=O)N[C@H](C)CO. The Hall–Kier alpha value is -1.40. The van der Waals surface area contributed by atoms with Gasteiger partial charge >= 0.3 is 0 Å². The second-order valence-electron chi connectivity index (χ2n) is 3.96. The van der Waals surface area contributed by atoms with E-state index in [1.807, 2.05) is 0 Å². The molecule has 0 saturated heterocycles. The lowest BCUT2D eigenvalue weighted by atomic mass is 10.2. The van der Waals surface area contributed by atoms with E-state index in [1.165, 1.54) is 19.1 Å². The molecule has 0 aromatic heterocycles. The average molecular weight is 271 g/mol. The summed E-state index contributed by atoms with van der Waals surface area (Å²) in [4.78, 5) is 11.9. The van der Waals surface area contributed by atoms with Gasteiger partial charge in [0, 0.05) is 6.04 Å². The van der Waals surface area contributed by atoms with Gasteiger partial charge in [-0.05, 0) is 19.1 Å². The number of hydrogen-bond donors (Lipinski definition) is 2. The molecule has 0 spiro atoms. The van der Waals surface area contributed by atoms with Crippen molar-refractivity contribution >= 4 is 15.7 Å². The highest BCUT2D eigenvalue weighted by Crippen LogP contribution is 2.17. The molecule has 1 rings (SSSR count). The van der Waals surface area contributed by atoms with E-state index in [2.05, 4.69) is 5.32 Å². The molecule has 0 aliphatic rings. The van der Waals surface area contributed by atoms with E-state index in [9.17, 15) is 13.2 Å². The number of aliphatic hydroxyl groups is 1. The molecule has 2 N–H and O–H groups in total. The molecule has 100 valence electrons. The number of carbonyl (C=O) groups excluding carboxylic acids is 1. The fraction of sp³-hybridized carbons (Fsp3) is 0.417. The number of benzene rings is 1. The van der Waals surface area contributed by atoms with Crippen molar-refractivity contribution in [2.75, 3.05) is 12.4 Å². The van der Waals surface area contributed by atoms with Crippen LogP contribution in [0.3, 0.4) is 0 Å². The van der Waals surface area contributed by atoms with Crippen LogP contribution in [0.2, 0.25) is 0 Å². The largest absolute Gasteiger partial charge is 0.394 e. The molecule has 0 heterocycles. The fourth-order valence-corrected chi connectivity index (χ4v) is 2.52. The van der Waals surface area contributed by atoms with E-state index in [4.69, 9.17) is 5.11 Å². The number of nitrogens with one attached hydrogen (secondary N) is 1. The van der Waals surface area contributed by atoms with Crippen LogP contribution >= 0.6 is 0 Å². The van der Waals surface area contributed by atoms with Gasteiger partial charge in [-0.2, -0.15) is 0 Å². The molecule has 0 saturated carbocycles. The molecular weight excluding hydrogens is 254 g/mol. The lowest BCUT2D eigenvalue weighted by molar-refractivity contribution is 0.0919. The van der Waals surface area contributed by atoms with Crippen LogP contribution in [-0.4, -0.2) is 37.8 Å². The third-order valence-corrected chi connectivity index (χ3v) is 4.28. The number of aliphatic hydroxyl groups excluding tert-OH is 1. The van der Waals surface area contributed by atoms with Gasteiger partial charge in [0.2, 0.25) is 0 Å². The number of rotatable bonds is 5. The molecule has 1 amide bonds. The Balaban J connectivity index is 3.14.